The van der Waals surface area contributed by atoms with E-state index in [1.165, 1.54) is 0 Å². The number of nitrogens with two attached hydrogens (primary N) is 2. The summed E-state index contributed by atoms with van der Waals surface area (Å²) in [5, 5.41) is 0. The molecule has 0 heterocycles. The van der Waals surface area contributed by atoms with E-state index in [-0.39, 0.29) is 11.5 Å². The first-order valence-corrected chi connectivity index (χ1v) is 4.94. The zero-order valence-corrected chi connectivity index (χ0v) is 9.46. The van der Waals surface area contributed by atoms with Crippen molar-refractivity contribution in [2.24, 2.45) is 11.1 Å². The fraction of sp³-hybridized carbons (Fsp3) is 0.500. The second-order valence-corrected chi connectivity index (χ2v) is 4.92. The highest BCUT2D eigenvalue weighted by Crippen LogP contribution is 2.34. The first kappa shape index (κ1) is 11.1. The smallest absolute Gasteiger partial charge is 0.0392 e. The van der Waals surface area contributed by atoms with Gasteiger partial charge >= 0.3 is 0 Å². The van der Waals surface area contributed by atoms with E-state index >= 15 is 0 Å². The van der Waals surface area contributed by atoms with Crippen molar-refractivity contribution < 1.29 is 0 Å². The number of nitrogen functional groups attached to an aromatic ring is 1. The van der Waals surface area contributed by atoms with E-state index in [1.54, 1.807) is 0 Å². The lowest BCUT2D eigenvalue weighted by Gasteiger charge is -2.28. The minimum atomic E-state index is -0.0117. The molecule has 0 spiro atoms. The largest absolute Gasteiger partial charge is 0.398 e. The normalized spacial score (nSPS) is 14.1. The van der Waals surface area contributed by atoms with Gasteiger partial charge in [0.2, 0.25) is 0 Å². The van der Waals surface area contributed by atoms with Crippen LogP contribution in [0.3, 0.4) is 0 Å². The van der Waals surface area contributed by atoms with Crippen molar-refractivity contribution in [1.29, 1.82) is 0 Å². The monoisotopic (exact) mass is 192 g/mol. The molecule has 0 saturated heterocycles. The summed E-state index contributed by atoms with van der Waals surface area (Å²) >= 11 is 0. The molecule has 0 aliphatic heterocycles. The van der Waals surface area contributed by atoms with E-state index in [0.717, 1.165) is 16.8 Å². The molecule has 0 amide bonds. The highest BCUT2D eigenvalue weighted by molar-refractivity contribution is 5.54. The summed E-state index contributed by atoms with van der Waals surface area (Å²) in [4.78, 5) is 0. The predicted octanol–water partition coefficient (Wildman–Crippen LogP) is 2.62. The molecule has 0 saturated carbocycles. The van der Waals surface area contributed by atoms with Crippen LogP contribution >= 0.6 is 0 Å². The molecule has 1 aromatic rings. The van der Waals surface area contributed by atoms with E-state index < -0.39 is 0 Å². The molecule has 1 atom stereocenters. The van der Waals surface area contributed by atoms with Gasteiger partial charge < -0.3 is 11.5 Å². The SMILES string of the molecule is Cc1cccc([C@@H](N)C(C)(C)C)c1N. The molecular formula is C12H20N2. The molecule has 1 aromatic carbocycles. The molecule has 0 unspecified atom stereocenters. The number of benzene rings is 1. The summed E-state index contributed by atoms with van der Waals surface area (Å²) in [5.74, 6) is 0. The Labute approximate surface area is 86.3 Å². The second-order valence-electron chi connectivity index (χ2n) is 4.92. The molecule has 0 aliphatic rings. The Morgan fingerprint density at radius 3 is 2.29 bits per heavy atom. The van der Waals surface area contributed by atoms with Gasteiger partial charge in [0.15, 0.2) is 0 Å². The van der Waals surface area contributed by atoms with Crippen LogP contribution in [0, 0.1) is 12.3 Å². The van der Waals surface area contributed by atoms with Crippen molar-refractivity contribution in [1.82, 2.24) is 0 Å². The Morgan fingerprint density at radius 2 is 1.79 bits per heavy atom. The lowest BCUT2D eigenvalue weighted by atomic mass is 9.82. The molecule has 2 nitrogen and oxygen atoms in total. The quantitative estimate of drug-likeness (QED) is 0.672. The van der Waals surface area contributed by atoms with Gasteiger partial charge in [-0.1, -0.05) is 39.0 Å². The topological polar surface area (TPSA) is 52.0 Å². The third-order valence-electron chi connectivity index (χ3n) is 2.63. The number of hydrogen-bond donors (Lipinski definition) is 2. The van der Waals surface area contributed by atoms with E-state index in [9.17, 15) is 0 Å². The van der Waals surface area contributed by atoms with Crippen molar-refractivity contribution in [3.05, 3.63) is 29.3 Å². The molecule has 0 aromatic heterocycles. The number of rotatable bonds is 1. The van der Waals surface area contributed by atoms with Gasteiger partial charge in [-0.2, -0.15) is 0 Å². The van der Waals surface area contributed by atoms with Crippen LogP contribution in [0.25, 0.3) is 0 Å². The average Bonchev–Trinajstić information content (AvgIpc) is 2.07. The third kappa shape index (κ3) is 2.07. The first-order valence-electron chi connectivity index (χ1n) is 4.94. The lowest BCUT2D eigenvalue weighted by Crippen LogP contribution is -2.27. The molecule has 14 heavy (non-hydrogen) atoms. The van der Waals surface area contributed by atoms with E-state index in [4.69, 9.17) is 11.5 Å². The van der Waals surface area contributed by atoms with Crippen molar-refractivity contribution in [2.45, 2.75) is 33.7 Å². The Morgan fingerprint density at radius 1 is 1.21 bits per heavy atom. The van der Waals surface area contributed by atoms with Crippen molar-refractivity contribution in [2.75, 3.05) is 5.73 Å². The number of para-hydroxylation sites is 1. The van der Waals surface area contributed by atoms with Crippen molar-refractivity contribution >= 4 is 5.69 Å². The summed E-state index contributed by atoms with van der Waals surface area (Å²) in [6.45, 7) is 8.38. The summed E-state index contributed by atoms with van der Waals surface area (Å²) in [7, 11) is 0. The fourth-order valence-corrected chi connectivity index (χ4v) is 1.44. The van der Waals surface area contributed by atoms with E-state index in [0.29, 0.717) is 0 Å². The van der Waals surface area contributed by atoms with Gasteiger partial charge in [-0.05, 0) is 23.5 Å². The van der Waals surface area contributed by atoms with Gasteiger partial charge in [0.1, 0.15) is 0 Å². The number of anilines is 1. The highest BCUT2D eigenvalue weighted by atomic mass is 14.7. The third-order valence-corrected chi connectivity index (χ3v) is 2.63. The summed E-state index contributed by atoms with van der Waals surface area (Å²) < 4.78 is 0. The molecule has 0 fully saturated rings. The molecule has 78 valence electrons. The van der Waals surface area contributed by atoms with Gasteiger partial charge in [0.05, 0.1) is 0 Å². The maximum absolute atomic E-state index is 6.16. The van der Waals surface area contributed by atoms with Gasteiger partial charge in [-0.15, -0.1) is 0 Å². The predicted molar refractivity (Wildman–Crippen MR) is 62.0 cm³/mol. The van der Waals surface area contributed by atoms with Crippen LogP contribution in [0.5, 0.6) is 0 Å². The Hall–Kier alpha value is -1.02. The van der Waals surface area contributed by atoms with Crippen LogP contribution in [-0.2, 0) is 0 Å². The molecule has 1 rings (SSSR count). The van der Waals surface area contributed by atoms with Crippen LogP contribution in [0.15, 0.2) is 18.2 Å². The Kier molecular flexibility index (Phi) is 2.86. The number of hydrogen-bond acceptors (Lipinski definition) is 2. The first-order chi connectivity index (χ1) is 6.34. The standard InChI is InChI=1S/C12H20N2/c1-8-6-5-7-9(10(8)13)11(14)12(2,3)4/h5-7,11H,13-14H2,1-4H3/t11-/m1/s1. The maximum Gasteiger partial charge on any atom is 0.0392 e. The van der Waals surface area contributed by atoms with Crippen molar-refractivity contribution in [3.8, 4) is 0 Å². The minimum absolute atomic E-state index is 0.0117. The van der Waals surface area contributed by atoms with Gasteiger partial charge in [-0.25, -0.2) is 0 Å². The molecule has 4 N–H and O–H groups in total. The average molecular weight is 192 g/mol. The van der Waals surface area contributed by atoms with Gasteiger partial charge in [-0.3, -0.25) is 0 Å². The molecule has 2 heteroatoms. The molecule has 0 radical (unpaired) electrons. The minimum Gasteiger partial charge on any atom is -0.398 e. The van der Waals surface area contributed by atoms with E-state index in [1.807, 2.05) is 25.1 Å². The summed E-state index contributed by atoms with van der Waals surface area (Å²) in [5.41, 5.74) is 15.2. The fourth-order valence-electron chi connectivity index (χ4n) is 1.44. The lowest BCUT2D eigenvalue weighted by molar-refractivity contribution is 0.327. The molecule has 0 aliphatic carbocycles. The van der Waals surface area contributed by atoms with Crippen LogP contribution < -0.4 is 11.5 Å². The summed E-state index contributed by atoms with van der Waals surface area (Å²) in [6, 6.07) is 6.02. The van der Waals surface area contributed by atoms with Crippen LogP contribution in [0.1, 0.15) is 37.9 Å². The zero-order valence-electron chi connectivity index (χ0n) is 9.46. The zero-order chi connectivity index (χ0) is 10.9. The Balaban J connectivity index is 3.14. The Bertz CT molecular complexity index is 324. The molecular weight excluding hydrogens is 172 g/mol. The van der Waals surface area contributed by atoms with E-state index in [2.05, 4.69) is 20.8 Å². The van der Waals surface area contributed by atoms with Crippen LogP contribution in [0.4, 0.5) is 5.69 Å². The summed E-state index contributed by atoms with van der Waals surface area (Å²) in [6.07, 6.45) is 0. The van der Waals surface area contributed by atoms with Crippen LogP contribution in [0.2, 0.25) is 0 Å². The maximum atomic E-state index is 6.16. The second kappa shape index (κ2) is 3.62. The molecule has 0 bridgehead atoms. The van der Waals surface area contributed by atoms with Gasteiger partial charge in [0, 0.05) is 11.7 Å². The van der Waals surface area contributed by atoms with Crippen LogP contribution in [-0.4, -0.2) is 0 Å². The number of aryl methyl sites for hydroxylation is 1. The van der Waals surface area contributed by atoms with Crippen molar-refractivity contribution in [3.63, 3.8) is 0 Å². The highest BCUT2D eigenvalue weighted by Gasteiger charge is 2.24. The van der Waals surface area contributed by atoms with Gasteiger partial charge in [0.25, 0.3) is 0 Å².